The third kappa shape index (κ3) is 11.3. The fourth-order valence-corrected chi connectivity index (χ4v) is 7.80. The van der Waals surface area contributed by atoms with Gasteiger partial charge in [-0.1, -0.05) is 18.2 Å². The van der Waals surface area contributed by atoms with E-state index in [1.807, 2.05) is 46.9 Å². The topological polar surface area (TPSA) is 182 Å². The van der Waals surface area contributed by atoms with Crippen molar-refractivity contribution in [2.24, 2.45) is 0 Å². The predicted molar refractivity (Wildman–Crippen MR) is 210 cm³/mol. The van der Waals surface area contributed by atoms with Gasteiger partial charge < -0.3 is 19.7 Å². The van der Waals surface area contributed by atoms with Gasteiger partial charge in [-0.3, -0.25) is 24.8 Å². The van der Waals surface area contributed by atoms with Gasteiger partial charge in [0, 0.05) is 67.7 Å². The van der Waals surface area contributed by atoms with E-state index in [0.717, 1.165) is 17.0 Å². The highest BCUT2D eigenvalue weighted by molar-refractivity contribution is 7.99. The van der Waals surface area contributed by atoms with Gasteiger partial charge in [0.15, 0.2) is 11.5 Å². The van der Waals surface area contributed by atoms with Crippen LogP contribution in [-0.2, 0) is 16.6 Å². The molecule has 1 aliphatic rings. The first kappa shape index (κ1) is 41.6. The number of piperazine rings is 1. The number of nitro groups is 1. The van der Waals surface area contributed by atoms with Gasteiger partial charge in [0.25, 0.3) is 21.6 Å². The minimum Gasteiger partial charge on any atom is -0.492 e. The van der Waals surface area contributed by atoms with Crippen LogP contribution in [0.25, 0.3) is 11.1 Å². The number of hydrogen-bond donors (Lipinski definition) is 2. The molecule has 0 aliphatic carbocycles. The van der Waals surface area contributed by atoms with Gasteiger partial charge in [-0.25, -0.2) is 13.1 Å². The highest BCUT2D eigenvalue weighted by Crippen LogP contribution is 2.32. The summed E-state index contributed by atoms with van der Waals surface area (Å²) >= 11 is 1.55. The second-order valence-corrected chi connectivity index (χ2v) is 15.6. The number of halogens is 3. The van der Waals surface area contributed by atoms with Crippen LogP contribution in [0.1, 0.15) is 23.0 Å². The van der Waals surface area contributed by atoms with E-state index in [2.05, 4.69) is 30.1 Å². The van der Waals surface area contributed by atoms with E-state index in [4.69, 9.17) is 4.74 Å². The lowest BCUT2D eigenvalue weighted by Gasteiger charge is -2.35. The minimum atomic E-state index is -4.88. The maximum atomic E-state index is 13.2. The zero-order chi connectivity index (χ0) is 41.3. The summed E-state index contributed by atoms with van der Waals surface area (Å²) in [6.45, 7) is 4.86. The Balaban J connectivity index is 1.04. The monoisotopic (exact) mass is 838 g/mol. The molecular weight excluding hydrogens is 802 g/mol. The summed E-state index contributed by atoms with van der Waals surface area (Å²) < 4.78 is 77.5. The number of amides is 1. The van der Waals surface area contributed by atoms with Crippen molar-refractivity contribution in [3.05, 3.63) is 119 Å². The average molecular weight is 839 g/mol. The fraction of sp³-hybridized carbons (Fsp3) is 0.263. The largest absolute Gasteiger partial charge is 0.573 e. The Bertz CT molecular complexity index is 2330. The lowest BCUT2D eigenvalue weighted by atomic mass is 10.0. The summed E-state index contributed by atoms with van der Waals surface area (Å²) in [5.74, 6) is 0.0622. The zero-order valence-corrected chi connectivity index (χ0v) is 32.5. The number of hydrogen-bond acceptors (Lipinski definition) is 14. The van der Waals surface area contributed by atoms with Crippen LogP contribution in [-0.4, -0.2) is 90.8 Å². The highest BCUT2D eigenvalue weighted by atomic mass is 32.2. The number of thioether (sulfide) groups is 1. The van der Waals surface area contributed by atoms with Crippen molar-refractivity contribution in [1.29, 1.82) is 0 Å². The normalized spacial score (nSPS) is 13.5. The molecule has 20 heteroatoms. The third-order valence-electron chi connectivity index (χ3n) is 8.68. The van der Waals surface area contributed by atoms with Crippen LogP contribution in [0.5, 0.6) is 11.5 Å². The second kappa shape index (κ2) is 18.5. The van der Waals surface area contributed by atoms with Crippen molar-refractivity contribution in [2.75, 3.05) is 55.3 Å². The number of sulfonamides is 1. The Morgan fingerprint density at radius 1 is 0.931 bits per heavy atom. The molecule has 3 aromatic carbocycles. The first-order chi connectivity index (χ1) is 27.8. The number of anilines is 2. The molecule has 15 nitrogen and oxygen atoms in total. The molecule has 304 valence electrons. The molecule has 1 saturated heterocycles. The van der Waals surface area contributed by atoms with Crippen molar-refractivity contribution in [3.8, 4) is 22.6 Å². The van der Waals surface area contributed by atoms with Gasteiger partial charge >= 0.3 is 6.36 Å². The van der Waals surface area contributed by atoms with E-state index in [1.165, 1.54) is 42.7 Å². The van der Waals surface area contributed by atoms with Gasteiger partial charge in [0.05, 0.1) is 22.6 Å². The maximum absolute atomic E-state index is 13.2. The number of ether oxygens (including phenoxy) is 2. The van der Waals surface area contributed by atoms with E-state index in [0.29, 0.717) is 79.9 Å². The van der Waals surface area contributed by atoms with Crippen molar-refractivity contribution in [1.82, 2.24) is 24.8 Å². The van der Waals surface area contributed by atoms with Crippen LogP contribution >= 0.6 is 11.8 Å². The van der Waals surface area contributed by atoms with Crippen molar-refractivity contribution >= 4 is 44.9 Å². The molecule has 0 saturated carbocycles. The number of benzene rings is 3. The summed E-state index contributed by atoms with van der Waals surface area (Å²) in [4.78, 5) is 32.7. The summed E-state index contributed by atoms with van der Waals surface area (Å²) in [7, 11) is -4.53. The van der Waals surface area contributed by atoms with Crippen LogP contribution < -0.4 is 24.4 Å². The molecule has 0 bridgehead atoms. The van der Waals surface area contributed by atoms with Crippen molar-refractivity contribution in [2.45, 2.75) is 29.6 Å². The number of pyridine rings is 1. The second-order valence-electron chi connectivity index (χ2n) is 12.8. The SMILES string of the molecule is CCOc1cncc(-c2cc(CN3CCN(c4ccc(C(=O)NS(=O)(=O)c5ccc(NCCSc6ccccc6)c([N+](=O)[O-])c5)nn4)CC3)cc(OC(F)(F)F)c2)c1. The van der Waals surface area contributed by atoms with Gasteiger partial charge in [-0.15, -0.1) is 35.1 Å². The van der Waals surface area contributed by atoms with Crippen LogP contribution in [0.3, 0.4) is 0 Å². The molecule has 58 heavy (non-hydrogen) atoms. The summed E-state index contributed by atoms with van der Waals surface area (Å²) in [6, 6.07) is 21.9. The highest BCUT2D eigenvalue weighted by Gasteiger charge is 2.32. The van der Waals surface area contributed by atoms with Crippen LogP contribution in [0.2, 0.25) is 0 Å². The first-order valence-electron chi connectivity index (χ1n) is 17.8. The minimum absolute atomic E-state index is 0.127. The number of carbonyl (C=O) groups is 1. The number of carbonyl (C=O) groups excluding carboxylic acids is 1. The summed E-state index contributed by atoms with van der Waals surface area (Å²) in [5, 5.41) is 22.8. The van der Waals surface area contributed by atoms with Crippen LogP contribution in [0, 0.1) is 10.1 Å². The molecular formula is C38H37F3N8O7S2. The number of nitro benzene ring substituents is 1. The Morgan fingerprint density at radius 2 is 1.69 bits per heavy atom. The Hall–Kier alpha value is -5.99. The summed E-state index contributed by atoms with van der Waals surface area (Å²) in [5.41, 5.74) is 0.991. The smallest absolute Gasteiger partial charge is 0.492 e. The van der Waals surface area contributed by atoms with Gasteiger partial charge in [-0.05, 0) is 78.7 Å². The molecule has 5 aromatic rings. The Labute approximate surface area is 335 Å². The average Bonchev–Trinajstić information content (AvgIpc) is 3.19. The number of rotatable bonds is 16. The molecule has 0 radical (unpaired) electrons. The van der Waals surface area contributed by atoms with E-state index < -0.39 is 37.8 Å². The number of aromatic nitrogens is 3. The quantitative estimate of drug-likeness (QED) is 0.0483. The molecule has 3 heterocycles. The maximum Gasteiger partial charge on any atom is 0.573 e. The van der Waals surface area contributed by atoms with Gasteiger partial charge in [0.2, 0.25) is 0 Å². The van der Waals surface area contributed by atoms with E-state index >= 15 is 0 Å². The van der Waals surface area contributed by atoms with E-state index in [-0.39, 0.29) is 17.1 Å². The number of alkyl halides is 3. The first-order valence-corrected chi connectivity index (χ1v) is 20.3. The molecule has 0 spiro atoms. The van der Waals surface area contributed by atoms with E-state index in [9.17, 15) is 36.5 Å². The lowest BCUT2D eigenvalue weighted by Crippen LogP contribution is -2.46. The molecule has 2 aromatic heterocycles. The molecule has 1 aliphatic heterocycles. The van der Waals surface area contributed by atoms with E-state index in [1.54, 1.807) is 23.9 Å². The number of nitrogens with one attached hydrogen (secondary N) is 2. The third-order valence-corrected chi connectivity index (χ3v) is 11.0. The fourth-order valence-electron chi connectivity index (χ4n) is 6.03. The molecule has 1 amide bonds. The Morgan fingerprint density at radius 3 is 2.38 bits per heavy atom. The van der Waals surface area contributed by atoms with Crippen molar-refractivity contribution in [3.63, 3.8) is 0 Å². The Kier molecular flexibility index (Phi) is 13.3. The molecule has 0 atom stereocenters. The van der Waals surface area contributed by atoms with Gasteiger partial charge in [0.1, 0.15) is 17.2 Å². The molecule has 6 rings (SSSR count). The standard InChI is InChI=1S/C38H37F3N8O7S2/c1-2-55-30-21-28(23-42-24-30)27-18-26(19-29(20-27)56-38(39,40)41)25-47-13-15-48(16-14-47)36-11-10-34(44-45-36)37(50)46-58(53,54)32-8-9-33(35(22-32)49(51)52)43-12-17-57-31-6-4-3-5-7-31/h3-11,18-24,43H,2,12-17,25H2,1H3,(H,46,50). The van der Waals surface area contributed by atoms with Crippen LogP contribution in [0.4, 0.5) is 30.4 Å². The lowest BCUT2D eigenvalue weighted by molar-refractivity contribution is -0.384. The summed E-state index contributed by atoms with van der Waals surface area (Å²) in [6.07, 6.45) is -1.83. The zero-order valence-electron chi connectivity index (χ0n) is 30.9. The van der Waals surface area contributed by atoms with Crippen molar-refractivity contribution < 1.29 is 40.8 Å². The molecule has 0 unspecified atom stereocenters. The molecule has 1 fully saturated rings. The van der Waals surface area contributed by atoms with Crippen LogP contribution in [0.15, 0.2) is 107 Å². The number of nitrogens with zero attached hydrogens (tertiary/aromatic N) is 6. The predicted octanol–water partition coefficient (Wildman–Crippen LogP) is 6.39. The molecule has 2 N–H and O–H groups in total. The van der Waals surface area contributed by atoms with Gasteiger partial charge in [-0.2, -0.15) is 0 Å².